The quantitative estimate of drug-likeness (QED) is 0.112. The Morgan fingerprint density at radius 2 is 1.64 bits per heavy atom. The number of anilines is 2. The molecule has 0 radical (unpaired) electrons. The van der Waals surface area contributed by atoms with Crippen molar-refractivity contribution in [1.82, 2.24) is 0 Å². The molecule has 4 aromatic rings. The molecule has 1 aliphatic carbocycles. The van der Waals surface area contributed by atoms with Crippen LogP contribution in [0.3, 0.4) is 0 Å². The van der Waals surface area contributed by atoms with E-state index < -0.39 is 5.97 Å². The van der Waals surface area contributed by atoms with Gasteiger partial charge in [-0.25, -0.2) is 9.79 Å². The third-order valence-electron chi connectivity index (χ3n) is 7.12. The Morgan fingerprint density at radius 3 is 2.43 bits per heavy atom. The Balaban J connectivity index is 1.57. The zero-order valence-electron chi connectivity index (χ0n) is 22.8. The summed E-state index contributed by atoms with van der Waals surface area (Å²) in [6.45, 7) is 3.97. The third-order valence-corrected chi connectivity index (χ3v) is 7.66. The molecule has 0 unspecified atom stereocenters. The van der Waals surface area contributed by atoms with Gasteiger partial charge in [0.05, 0.1) is 28.6 Å². The van der Waals surface area contributed by atoms with Crippen molar-refractivity contribution in [2.75, 3.05) is 5.32 Å². The van der Waals surface area contributed by atoms with Crippen molar-refractivity contribution < 1.29 is 14.3 Å². The van der Waals surface area contributed by atoms with Crippen LogP contribution in [-0.2, 0) is 0 Å². The first-order chi connectivity index (χ1) is 20.4. The van der Waals surface area contributed by atoms with Crippen LogP contribution in [0.25, 0.3) is 33.4 Å². The molecule has 0 saturated heterocycles. The summed E-state index contributed by atoms with van der Waals surface area (Å²) in [5.74, 6) is -0.430. The van der Waals surface area contributed by atoms with Crippen LogP contribution >= 0.6 is 11.9 Å². The topological polar surface area (TPSA) is 104 Å². The lowest BCUT2D eigenvalue weighted by Gasteiger charge is -2.18. The lowest BCUT2D eigenvalue weighted by Crippen LogP contribution is -2.04. The SMILES string of the molecule is Cc1cc(SN=O)ccc1N=c1ccc2c(-c3ccccc3C(=O)O)c3ccc(Nc4ccccc4C)cc3oc-2c1. The second-order valence-electron chi connectivity index (χ2n) is 9.89. The Morgan fingerprint density at radius 1 is 0.833 bits per heavy atom. The van der Waals surface area contributed by atoms with Crippen molar-refractivity contribution in [2.24, 2.45) is 9.57 Å². The van der Waals surface area contributed by atoms with E-state index in [1.165, 1.54) is 0 Å². The lowest BCUT2D eigenvalue weighted by molar-refractivity contribution is 0.0697. The predicted octanol–water partition coefficient (Wildman–Crippen LogP) is 9.27. The number of carbonyl (C=O) groups is 1. The number of hydrogen-bond acceptors (Lipinski definition) is 7. The highest BCUT2D eigenvalue weighted by atomic mass is 32.2. The molecule has 0 bridgehead atoms. The van der Waals surface area contributed by atoms with Crippen LogP contribution in [0.15, 0.2) is 122 Å². The maximum atomic E-state index is 12.2. The van der Waals surface area contributed by atoms with E-state index >= 15 is 0 Å². The lowest BCUT2D eigenvalue weighted by atomic mass is 9.90. The standard InChI is InChI=1S/C34H25N3O4S/c1-20-7-3-6-10-29(20)35-22-11-14-27-31(18-22)41-32-19-23(36-30-16-13-24(42-37-40)17-21(30)2)12-15-28(32)33(27)25-8-4-5-9-26(25)34(38)39/h3-19,35H,1-2H3,(H,38,39). The van der Waals surface area contributed by atoms with Gasteiger partial charge in [0.25, 0.3) is 0 Å². The fourth-order valence-corrected chi connectivity index (χ4v) is 5.51. The zero-order chi connectivity index (χ0) is 29.2. The van der Waals surface area contributed by atoms with Crippen LogP contribution in [0.4, 0.5) is 17.1 Å². The number of carboxylic acids is 1. The summed E-state index contributed by atoms with van der Waals surface area (Å²) in [5, 5.41) is 15.0. The van der Waals surface area contributed by atoms with E-state index in [0.717, 1.165) is 61.5 Å². The van der Waals surface area contributed by atoms with Gasteiger partial charge in [0, 0.05) is 49.5 Å². The molecular weight excluding hydrogens is 546 g/mol. The van der Waals surface area contributed by atoms with Crippen molar-refractivity contribution in [3.63, 3.8) is 0 Å². The summed E-state index contributed by atoms with van der Waals surface area (Å²) in [5.41, 5.74) is 7.57. The van der Waals surface area contributed by atoms with E-state index in [4.69, 9.17) is 9.41 Å². The van der Waals surface area contributed by atoms with Crippen LogP contribution < -0.4 is 10.7 Å². The number of benzene rings is 5. The second kappa shape index (κ2) is 11.3. The van der Waals surface area contributed by atoms with Crippen LogP contribution in [0.5, 0.6) is 0 Å². The minimum absolute atomic E-state index is 0.209. The molecule has 0 saturated carbocycles. The van der Waals surface area contributed by atoms with Gasteiger partial charge in [0.15, 0.2) is 0 Å². The van der Waals surface area contributed by atoms with Crippen LogP contribution in [0, 0.1) is 18.8 Å². The number of nitrogens with zero attached hydrogens (tertiary/aromatic N) is 2. The molecule has 0 amide bonds. The molecule has 0 aromatic heterocycles. The molecule has 1 heterocycles. The highest BCUT2D eigenvalue weighted by molar-refractivity contribution is 7.98. The molecule has 0 spiro atoms. The van der Waals surface area contributed by atoms with E-state index in [0.29, 0.717) is 22.3 Å². The summed E-state index contributed by atoms with van der Waals surface area (Å²) in [6, 6.07) is 32.1. The predicted molar refractivity (Wildman–Crippen MR) is 168 cm³/mol. The van der Waals surface area contributed by atoms with Crippen LogP contribution in [0.1, 0.15) is 21.5 Å². The molecule has 1 aliphatic heterocycles. The number of aromatic carboxylic acids is 1. The Kier molecular flexibility index (Phi) is 7.29. The van der Waals surface area contributed by atoms with Crippen LogP contribution in [-0.4, -0.2) is 11.1 Å². The Bertz CT molecular complexity index is 2030. The number of fused-ring (bicyclic) bond motifs is 2. The summed E-state index contributed by atoms with van der Waals surface area (Å²) in [7, 11) is 0. The first-order valence-corrected chi connectivity index (χ1v) is 14.0. The average molecular weight is 572 g/mol. The highest BCUT2D eigenvalue weighted by Gasteiger charge is 2.21. The molecule has 2 N–H and O–H groups in total. The number of rotatable bonds is 7. The van der Waals surface area contributed by atoms with Gasteiger partial charge < -0.3 is 14.8 Å². The first-order valence-electron chi connectivity index (χ1n) is 13.2. The third kappa shape index (κ3) is 5.27. The fraction of sp³-hybridized carbons (Fsp3) is 0.0588. The van der Waals surface area contributed by atoms with Crippen molar-refractivity contribution in [3.05, 3.63) is 130 Å². The summed E-state index contributed by atoms with van der Waals surface area (Å²) >= 11 is 0.878. The van der Waals surface area contributed by atoms with Gasteiger partial charge in [-0.05, 0) is 85.1 Å². The van der Waals surface area contributed by atoms with Gasteiger partial charge in [0.1, 0.15) is 11.3 Å². The summed E-state index contributed by atoms with van der Waals surface area (Å²) < 4.78 is 9.37. The fourth-order valence-electron chi connectivity index (χ4n) is 5.06. The molecule has 2 aliphatic rings. The average Bonchev–Trinajstić information content (AvgIpc) is 2.98. The molecule has 42 heavy (non-hydrogen) atoms. The maximum Gasteiger partial charge on any atom is 0.336 e. The van der Waals surface area contributed by atoms with E-state index in [1.54, 1.807) is 18.2 Å². The van der Waals surface area contributed by atoms with E-state index in [1.807, 2.05) is 98.8 Å². The van der Waals surface area contributed by atoms with E-state index in [9.17, 15) is 14.8 Å². The van der Waals surface area contributed by atoms with Gasteiger partial charge in [-0.15, -0.1) is 4.91 Å². The molecule has 8 heteroatoms. The molecule has 206 valence electrons. The molecular formula is C34H25N3O4S. The van der Waals surface area contributed by atoms with Gasteiger partial charge in [-0.3, -0.25) is 0 Å². The number of nitroso groups, excluding NO2 is 1. The normalized spacial score (nSPS) is 11.6. The van der Waals surface area contributed by atoms with Gasteiger partial charge in [0.2, 0.25) is 0 Å². The number of hydrogen-bond donors (Lipinski definition) is 2. The molecule has 7 nitrogen and oxygen atoms in total. The van der Waals surface area contributed by atoms with Gasteiger partial charge >= 0.3 is 5.97 Å². The van der Waals surface area contributed by atoms with Crippen molar-refractivity contribution in [1.29, 1.82) is 0 Å². The maximum absolute atomic E-state index is 12.2. The molecule has 4 aromatic carbocycles. The molecule has 6 rings (SSSR count). The zero-order valence-corrected chi connectivity index (χ0v) is 23.6. The number of carboxylic acid groups (broad SMARTS) is 1. The second-order valence-corrected chi connectivity index (χ2v) is 10.7. The number of nitrogens with one attached hydrogen (secondary N) is 1. The smallest absolute Gasteiger partial charge is 0.336 e. The monoisotopic (exact) mass is 571 g/mol. The van der Waals surface area contributed by atoms with Gasteiger partial charge in [-0.1, -0.05) is 36.4 Å². The molecule has 0 fully saturated rings. The summed E-state index contributed by atoms with van der Waals surface area (Å²) in [6.07, 6.45) is 0. The van der Waals surface area contributed by atoms with E-state index in [2.05, 4.69) is 9.90 Å². The molecule has 0 atom stereocenters. The first kappa shape index (κ1) is 27.0. The van der Waals surface area contributed by atoms with Crippen molar-refractivity contribution >= 4 is 45.9 Å². The van der Waals surface area contributed by atoms with Crippen LogP contribution in [0.2, 0.25) is 0 Å². The minimum atomic E-state index is -1.00. The minimum Gasteiger partial charge on any atom is -0.478 e. The van der Waals surface area contributed by atoms with Gasteiger partial charge in [-0.2, -0.15) is 0 Å². The van der Waals surface area contributed by atoms with E-state index in [-0.39, 0.29) is 5.56 Å². The summed E-state index contributed by atoms with van der Waals surface area (Å²) in [4.78, 5) is 28.4. The number of para-hydroxylation sites is 1. The Labute approximate surface area is 246 Å². The largest absolute Gasteiger partial charge is 0.478 e. The highest BCUT2D eigenvalue weighted by Crippen LogP contribution is 2.42. The van der Waals surface area contributed by atoms with Crippen molar-refractivity contribution in [3.8, 4) is 22.5 Å². The number of aryl methyl sites for hydroxylation is 2. The van der Waals surface area contributed by atoms with Crippen molar-refractivity contribution in [2.45, 2.75) is 18.7 Å². The Hall–Kier alpha value is -5.21.